The molecule has 0 radical (unpaired) electrons. The summed E-state index contributed by atoms with van der Waals surface area (Å²) in [4.78, 5) is 139. The van der Waals surface area contributed by atoms with Gasteiger partial charge in [0.25, 0.3) is 0 Å². The highest BCUT2D eigenvalue weighted by Crippen LogP contribution is 2.44. The third-order valence-corrected chi connectivity index (χ3v) is 17.4. The average molecular weight is 1250 g/mol. The second-order valence-corrected chi connectivity index (χ2v) is 24.0. The van der Waals surface area contributed by atoms with Crippen LogP contribution in [0.2, 0.25) is 0 Å². The van der Waals surface area contributed by atoms with E-state index < -0.39 is 144 Å². The number of carbonyl (C=O) groups is 10. The number of benzene rings is 2. The van der Waals surface area contributed by atoms with Gasteiger partial charge >= 0.3 is 12.1 Å². The molecule has 24 heteroatoms. The van der Waals surface area contributed by atoms with Gasteiger partial charge in [-0.15, -0.1) is 0 Å². The van der Waals surface area contributed by atoms with Gasteiger partial charge in [-0.3, -0.25) is 38.4 Å². The first-order valence-corrected chi connectivity index (χ1v) is 32.3. The molecule has 9 amide bonds. The van der Waals surface area contributed by atoms with E-state index >= 15 is 0 Å². The summed E-state index contributed by atoms with van der Waals surface area (Å²) >= 11 is 0. The molecule has 1 aliphatic carbocycles. The number of carbonyl (C=O) groups excluding carboxylic acids is 9. The van der Waals surface area contributed by atoms with Gasteiger partial charge in [0.05, 0.1) is 0 Å². The minimum Gasteiger partial charge on any atom is -0.480 e. The minimum atomic E-state index is -1.24. The number of unbranched alkanes of at least 4 members (excludes halogenated alkanes) is 3. The molecule has 498 valence electrons. The van der Waals surface area contributed by atoms with Crippen LogP contribution in [0.15, 0.2) is 48.5 Å². The molecule has 13 atom stereocenters. The van der Waals surface area contributed by atoms with Gasteiger partial charge in [0.2, 0.25) is 47.3 Å². The van der Waals surface area contributed by atoms with E-state index in [9.17, 15) is 53.1 Å². The van der Waals surface area contributed by atoms with E-state index in [0.717, 1.165) is 22.3 Å². The Kier molecular flexibility index (Phi) is 34.0. The summed E-state index contributed by atoms with van der Waals surface area (Å²) in [5.74, 6) is -9.24. The molecule has 0 fully saturated rings. The van der Waals surface area contributed by atoms with Crippen LogP contribution < -0.4 is 65.1 Å². The topological polar surface area (TPSA) is 386 Å². The van der Waals surface area contributed by atoms with Gasteiger partial charge in [0, 0.05) is 5.92 Å². The summed E-state index contributed by atoms with van der Waals surface area (Å²) < 4.78 is 5.61. The van der Waals surface area contributed by atoms with Gasteiger partial charge in [0.15, 0.2) is 0 Å². The third kappa shape index (κ3) is 23.6. The number of rotatable bonds is 42. The SMILES string of the molecule is CC[C@H](C)[C@H](NC(=O)[C@H](CCCCN)NC(=O)[C@@H](NC(=O)[C@@H](NC(=O)[C@H](CCCCN)NC(=O)[C@H](CCCCN)NC(=O)[C@@H](NC(=O)[C@@H](NC(=O)CNC(=O)OCC1c2ccccc2-c2ccccc21)[C@@H](C)CC)[C@@H](C)CC)[C@@H](C)CC)[C@@H](C)CC)C(=O)O. The number of nitrogens with two attached hydrogens (primary N) is 3. The van der Waals surface area contributed by atoms with Crippen molar-refractivity contribution in [2.75, 3.05) is 32.8 Å². The molecule has 0 saturated heterocycles. The average Bonchev–Trinajstić information content (AvgIpc) is 1.72. The third-order valence-electron chi connectivity index (χ3n) is 17.4. The van der Waals surface area contributed by atoms with Gasteiger partial charge in [-0.25, -0.2) is 9.59 Å². The van der Waals surface area contributed by atoms with Gasteiger partial charge in [-0.05, 0) is 129 Å². The van der Waals surface area contributed by atoms with Crippen molar-refractivity contribution in [2.45, 2.75) is 213 Å². The summed E-state index contributed by atoms with van der Waals surface area (Å²) in [6, 6.07) is 6.21. The quantitative estimate of drug-likeness (QED) is 0.0416. The largest absolute Gasteiger partial charge is 0.480 e. The van der Waals surface area contributed by atoms with Crippen LogP contribution in [0.3, 0.4) is 0 Å². The van der Waals surface area contributed by atoms with Crippen LogP contribution in [0.25, 0.3) is 11.1 Å². The number of carboxylic acid groups (broad SMARTS) is 1. The van der Waals surface area contributed by atoms with Crippen molar-refractivity contribution in [2.24, 2.45) is 46.8 Å². The number of ether oxygens (including phenoxy) is 1. The summed E-state index contributed by atoms with van der Waals surface area (Å²) in [5, 5.41) is 34.6. The van der Waals surface area contributed by atoms with Crippen LogP contribution >= 0.6 is 0 Å². The van der Waals surface area contributed by atoms with Crippen LogP contribution in [0.5, 0.6) is 0 Å². The summed E-state index contributed by atoms with van der Waals surface area (Å²) in [6.07, 6.45) is 4.43. The van der Waals surface area contributed by atoms with Crippen molar-refractivity contribution in [3.63, 3.8) is 0 Å². The highest BCUT2D eigenvalue weighted by molar-refractivity contribution is 5.98. The fraction of sp³-hybridized carbons (Fsp3) is 0.662. The number of amides is 9. The number of aliphatic carboxylic acids is 1. The molecule has 3 rings (SSSR count). The molecule has 89 heavy (non-hydrogen) atoms. The van der Waals surface area contributed by atoms with Gasteiger partial charge in [0.1, 0.15) is 61.5 Å². The van der Waals surface area contributed by atoms with Crippen molar-refractivity contribution >= 4 is 59.3 Å². The number of nitrogens with one attached hydrogen (secondary N) is 9. The lowest BCUT2D eigenvalue weighted by Crippen LogP contribution is -2.62. The number of fused-ring (bicyclic) bond motifs is 3. The zero-order valence-electron chi connectivity index (χ0n) is 54.3. The first-order valence-electron chi connectivity index (χ1n) is 32.3. The lowest BCUT2D eigenvalue weighted by atomic mass is 9.94. The summed E-state index contributed by atoms with van der Waals surface area (Å²) in [5.41, 5.74) is 21.6. The maximum atomic E-state index is 14.6. The number of alkyl carbamates (subject to hydrolysis) is 1. The molecule has 16 N–H and O–H groups in total. The highest BCUT2D eigenvalue weighted by atomic mass is 16.5. The predicted octanol–water partition coefficient (Wildman–Crippen LogP) is 4.11. The van der Waals surface area contributed by atoms with Crippen molar-refractivity contribution in [1.29, 1.82) is 0 Å². The number of carboxylic acids is 1. The van der Waals surface area contributed by atoms with Crippen molar-refractivity contribution in [3.05, 3.63) is 59.7 Å². The number of hydrogen-bond acceptors (Lipinski definition) is 14. The fourth-order valence-corrected chi connectivity index (χ4v) is 10.6. The van der Waals surface area contributed by atoms with Crippen LogP contribution in [0.1, 0.15) is 176 Å². The standard InChI is InChI=1S/C65H106N12O12/c1-11-38(6)52(73-51(78)36-69-65(88)89-37-47-45-28-18-16-26-43(45)44-27-17-19-29-46(44)47)62(84)75-53(39(7)12-2)60(82)71-48(30-20-23-33-66)57(79)70-49(31-21-24-34-67)58(80)74-55(41(9)14-4)63(85)76-54(40(8)13-3)61(83)72-50(32-22-25-35-68)59(81)77-56(64(86)87)42(10)15-5/h16-19,26-29,38-42,47-50,52-56H,11-15,20-25,30-37,66-68H2,1-10H3,(H,69,88)(H,70,79)(H,71,82)(H,72,83)(H,73,78)(H,74,80)(H,75,84)(H,76,85)(H,77,81)(H,86,87)/t38-,39-,40-,41-,42-,48-,49-,50-,52-,53-,54-,55-,56-/m0/s1. The molecule has 24 nitrogen and oxygen atoms in total. The van der Waals surface area contributed by atoms with E-state index in [1.54, 1.807) is 41.5 Å². The van der Waals surface area contributed by atoms with Crippen LogP contribution in [0.4, 0.5) is 4.79 Å². The Morgan fingerprint density at radius 3 is 1.09 bits per heavy atom. The maximum Gasteiger partial charge on any atom is 0.407 e. The molecule has 0 saturated carbocycles. The maximum absolute atomic E-state index is 14.6. The van der Waals surface area contributed by atoms with Gasteiger partial charge in [-0.1, -0.05) is 150 Å². The van der Waals surface area contributed by atoms with Gasteiger partial charge < -0.3 is 74.9 Å². The molecule has 0 spiro atoms. The Labute approximate surface area is 526 Å². The summed E-state index contributed by atoms with van der Waals surface area (Å²) in [6.45, 7) is 18.3. The van der Waals surface area contributed by atoms with Crippen LogP contribution in [-0.4, -0.2) is 146 Å². The van der Waals surface area contributed by atoms with Crippen molar-refractivity contribution in [3.8, 4) is 11.1 Å². The molecule has 2 aromatic carbocycles. The van der Waals surface area contributed by atoms with E-state index in [4.69, 9.17) is 21.9 Å². The zero-order valence-corrected chi connectivity index (χ0v) is 54.3. The molecule has 0 aromatic heterocycles. The van der Waals surface area contributed by atoms with E-state index in [2.05, 4.69) is 47.9 Å². The second kappa shape index (κ2) is 39.7. The molecule has 0 bridgehead atoms. The van der Waals surface area contributed by atoms with Crippen molar-refractivity contribution in [1.82, 2.24) is 47.9 Å². The molecule has 0 aliphatic heterocycles. The van der Waals surface area contributed by atoms with E-state index in [0.29, 0.717) is 77.2 Å². The molecule has 1 aliphatic rings. The molecular formula is C65H106N12O12. The van der Waals surface area contributed by atoms with E-state index in [1.807, 2.05) is 76.2 Å². The van der Waals surface area contributed by atoms with Crippen LogP contribution in [0, 0.1) is 29.6 Å². The Hall–Kier alpha value is -7.18. The lowest BCUT2D eigenvalue weighted by Gasteiger charge is -2.32. The molecule has 2 aromatic rings. The molecule has 0 unspecified atom stereocenters. The predicted molar refractivity (Wildman–Crippen MR) is 342 cm³/mol. The normalized spacial score (nSPS) is 16.2. The Balaban J connectivity index is 1.82. The Bertz CT molecular complexity index is 2580. The number of hydrogen-bond donors (Lipinski definition) is 13. The Morgan fingerprint density at radius 2 is 0.730 bits per heavy atom. The monoisotopic (exact) mass is 1250 g/mol. The van der Waals surface area contributed by atoms with Crippen molar-refractivity contribution < 1.29 is 57.8 Å². The smallest absolute Gasteiger partial charge is 0.407 e. The van der Waals surface area contributed by atoms with Gasteiger partial charge in [-0.2, -0.15) is 0 Å². The lowest BCUT2D eigenvalue weighted by molar-refractivity contribution is -0.144. The first kappa shape index (κ1) is 76.1. The zero-order chi connectivity index (χ0) is 66.3. The summed E-state index contributed by atoms with van der Waals surface area (Å²) in [7, 11) is 0. The Morgan fingerprint density at radius 1 is 0.427 bits per heavy atom. The van der Waals surface area contributed by atoms with E-state index in [1.165, 1.54) is 0 Å². The highest BCUT2D eigenvalue weighted by Gasteiger charge is 2.39. The van der Waals surface area contributed by atoms with E-state index in [-0.39, 0.29) is 44.9 Å². The van der Waals surface area contributed by atoms with Crippen LogP contribution in [-0.2, 0) is 47.9 Å². The fourth-order valence-electron chi connectivity index (χ4n) is 10.6. The second-order valence-electron chi connectivity index (χ2n) is 24.0. The molecule has 0 heterocycles. The molecular weight excluding hydrogens is 1140 g/mol. The minimum absolute atomic E-state index is 0.0333. The first-order chi connectivity index (χ1) is 42.5.